The zero-order chi connectivity index (χ0) is 11.3. The molecule has 2 N–H and O–H groups in total. The Morgan fingerprint density at radius 3 is 2.87 bits per heavy atom. The van der Waals surface area contributed by atoms with Crippen LogP contribution >= 0.6 is 0 Å². The number of amides is 1. The van der Waals surface area contributed by atoms with Gasteiger partial charge in [0.05, 0.1) is 5.92 Å². The molecule has 1 saturated heterocycles. The summed E-state index contributed by atoms with van der Waals surface area (Å²) in [6.45, 7) is 4.83. The van der Waals surface area contributed by atoms with Gasteiger partial charge in [-0.25, -0.2) is 0 Å². The van der Waals surface area contributed by atoms with Crippen LogP contribution in [0.4, 0.5) is 0 Å². The average Bonchev–Trinajstić information content (AvgIpc) is 2.17. The molecule has 1 amide bonds. The summed E-state index contributed by atoms with van der Waals surface area (Å²) < 4.78 is 0. The van der Waals surface area contributed by atoms with Crippen molar-refractivity contribution in [2.24, 2.45) is 5.92 Å². The van der Waals surface area contributed by atoms with Crippen molar-refractivity contribution in [3.63, 3.8) is 0 Å². The Bertz CT molecular complexity index is 200. The highest BCUT2D eigenvalue weighted by molar-refractivity contribution is 5.79. The first-order chi connectivity index (χ1) is 7.09. The number of likely N-dealkylation sites (N-methyl/N-ethyl adjacent to an activating group) is 1. The molecule has 1 heterocycles. The second-order valence-corrected chi connectivity index (χ2v) is 4.72. The summed E-state index contributed by atoms with van der Waals surface area (Å²) in [5.41, 5.74) is 0. The summed E-state index contributed by atoms with van der Waals surface area (Å²) in [7, 11) is 4.04. The molecule has 0 aromatic rings. The summed E-state index contributed by atoms with van der Waals surface area (Å²) in [5, 5.41) is 6.32. The Hall–Kier alpha value is -0.610. The Kier molecular flexibility index (Phi) is 5.05. The highest BCUT2D eigenvalue weighted by Crippen LogP contribution is 2.09. The van der Waals surface area contributed by atoms with E-state index in [-0.39, 0.29) is 17.9 Å². The van der Waals surface area contributed by atoms with Crippen molar-refractivity contribution >= 4 is 5.91 Å². The number of nitrogens with one attached hydrogen (secondary N) is 2. The predicted octanol–water partition coefficient (Wildman–Crippen LogP) is 0.0523. The molecule has 2 atom stereocenters. The predicted molar refractivity (Wildman–Crippen MR) is 61.8 cm³/mol. The van der Waals surface area contributed by atoms with E-state index in [1.165, 1.54) is 0 Å². The quantitative estimate of drug-likeness (QED) is 0.694. The zero-order valence-corrected chi connectivity index (χ0v) is 10.0. The van der Waals surface area contributed by atoms with Gasteiger partial charge in [-0.05, 0) is 40.4 Å². The molecule has 15 heavy (non-hydrogen) atoms. The van der Waals surface area contributed by atoms with E-state index < -0.39 is 0 Å². The molecule has 4 nitrogen and oxygen atoms in total. The summed E-state index contributed by atoms with van der Waals surface area (Å²) in [6.07, 6.45) is 2.13. The molecule has 1 unspecified atom stereocenters. The lowest BCUT2D eigenvalue weighted by atomic mass is 9.98. The van der Waals surface area contributed by atoms with Crippen LogP contribution in [0, 0.1) is 5.92 Å². The van der Waals surface area contributed by atoms with E-state index in [0.29, 0.717) is 0 Å². The maximum absolute atomic E-state index is 11.8. The van der Waals surface area contributed by atoms with Crippen molar-refractivity contribution in [1.29, 1.82) is 0 Å². The molecule has 0 saturated carbocycles. The number of hydrogen-bond donors (Lipinski definition) is 2. The monoisotopic (exact) mass is 213 g/mol. The largest absolute Gasteiger partial charge is 0.352 e. The molecule has 0 aliphatic carbocycles. The van der Waals surface area contributed by atoms with Gasteiger partial charge in [0.25, 0.3) is 0 Å². The normalized spacial score (nSPS) is 23.9. The van der Waals surface area contributed by atoms with Gasteiger partial charge in [0, 0.05) is 19.1 Å². The molecule has 88 valence electrons. The lowest BCUT2D eigenvalue weighted by Gasteiger charge is -2.25. The standard InChI is InChI=1S/C11H23N3O/c1-9(8-14(2)3)13-11(15)10-5-4-6-12-7-10/h9-10,12H,4-8H2,1-3H3,(H,13,15)/t9?,10-/m1/s1. The fourth-order valence-corrected chi connectivity index (χ4v) is 2.03. The highest BCUT2D eigenvalue weighted by atomic mass is 16.2. The third-order valence-corrected chi connectivity index (χ3v) is 2.70. The van der Waals surface area contributed by atoms with Crippen LogP contribution in [0.2, 0.25) is 0 Å². The van der Waals surface area contributed by atoms with E-state index in [1.807, 2.05) is 21.0 Å². The molecule has 1 aliphatic rings. The van der Waals surface area contributed by atoms with Gasteiger partial charge in [-0.2, -0.15) is 0 Å². The lowest BCUT2D eigenvalue weighted by Crippen LogP contribution is -2.46. The van der Waals surface area contributed by atoms with Crippen molar-refractivity contribution in [3.05, 3.63) is 0 Å². The van der Waals surface area contributed by atoms with E-state index in [1.54, 1.807) is 0 Å². The second kappa shape index (κ2) is 6.08. The number of piperidine rings is 1. The van der Waals surface area contributed by atoms with Gasteiger partial charge >= 0.3 is 0 Å². The van der Waals surface area contributed by atoms with Crippen LogP contribution in [-0.2, 0) is 4.79 Å². The van der Waals surface area contributed by atoms with Crippen LogP contribution in [0.25, 0.3) is 0 Å². The smallest absolute Gasteiger partial charge is 0.224 e. The molecule has 4 heteroatoms. The second-order valence-electron chi connectivity index (χ2n) is 4.72. The molecule has 1 rings (SSSR count). The number of rotatable bonds is 4. The fourth-order valence-electron chi connectivity index (χ4n) is 2.03. The summed E-state index contributed by atoms with van der Waals surface area (Å²) >= 11 is 0. The van der Waals surface area contributed by atoms with E-state index in [9.17, 15) is 4.79 Å². The van der Waals surface area contributed by atoms with Gasteiger partial charge < -0.3 is 15.5 Å². The van der Waals surface area contributed by atoms with Crippen molar-refractivity contribution in [2.45, 2.75) is 25.8 Å². The lowest BCUT2D eigenvalue weighted by molar-refractivity contribution is -0.126. The average molecular weight is 213 g/mol. The van der Waals surface area contributed by atoms with Gasteiger partial charge in [-0.1, -0.05) is 0 Å². The number of nitrogens with zero attached hydrogens (tertiary/aromatic N) is 1. The van der Waals surface area contributed by atoms with Crippen molar-refractivity contribution < 1.29 is 4.79 Å². The molecule has 1 fully saturated rings. The summed E-state index contributed by atoms with van der Waals surface area (Å²) in [4.78, 5) is 13.9. The molecular formula is C11H23N3O. The SMILES string of the molecule is CC(CN(C)C)NC(=O)[C@@H]1CCCNC1. The summed E-state index contributed by atoms with van der Waals surface area (Å²) in [5.74, 6) is 0.375. The first-order valence-corrected chi connectivity index (χ1v) is 5.75. The van der Waals surface area contributed by atoms with Crippen LogP contribution in [0.1, 0.15) is 19.8 Å². The van der Waals surface area contributed by atoms with Gasteiger partial charge in [-0.3, -0.25) is 4.79 Å². The van der Waals surface area contributed by atoms with Crippen LogP contribution < -0.4 is 10.6 Å². The topological polar surface area (TPSA) is 44.4 Å². The molecule has 0 radical (unpaired) electrons. The maximum Gasteiger partial charge on any atom is 0.224 e. The molecule has 0 aromatic heterocycles. The Morgan fingerprint density at radius 2 is 2.33 bits per heavy atom. The van der Waals surface area contributed by atoms with Gasteiger partial charge in [0.2, 0.25) is 5.91 Å². The number of carbonyl (C=O) groups excluding carboxylic acids is 1. The molecule has 0 spiro atoms. The third-order valence-electron chi connectivity index (χ3n) is 2.70. The minimum absolute atomic E-state index is 0.170. The minimum atomic E-state index is 0.170. The Morgan fingerprint density at radius 1 is 1.60 bits per heavy atom. The van der Waals surface area contributed by atoms with Crippen LogP contribution in [0.5, 0.6) is 0 Å². The van der Waals surface area contributed by atoms with Crippen molar-refractivity contribution in [3.8, 4) is 0 Å². The van der Waals surface area contributed by atoms with E-state index in [4.69, 9.17) is 0 Å². The van der Waals surface area contributed by atoms with Gasteiger partial charge in [-0.15, -0.1) is 0 Å². The van der Waals surface area contributed by atoms with Crippen LogP contribution in [0.3, 0.4) is 0 Å². The fraction of sp³-hybridized carbons (Fsp3) is 0.909. The van der Waals surface area contributed by atoms with E-state index in [2.05, 4.69) is 15.5 Å². The van der Waals surface area contributed by atoms with Gasteiger partial charge in [0.15, 0.2) is 0 Å². The minimum Gasteiger partial charge on any atom is -0.352 e. The van der Waals surface area contributed by atoms with Crippen LogP contribution in [-0.4, -0.2) is 50.6 Å². The van der Waals surface area contributed by atoms with E-state index in [0.717, 1.165) is 32.5 Å². The third kappa shape index (κ3) is 4.62. The Balaban J connectivity index is 2.27. The molecule has 0 aromatic carbocycles. The molecule has 1 aliphatic heterocycles. The van der Waals surface area contributed by atoms with Crippen LogP contribution in [0.15, 0.2) is 0 Å². The van der Waals surface area contributed by atoms with Crippen molar-refractivity contribution in [2.75, 3.05) is 33.7 Å². The Labute approximate surface area is 92.4 Å². The van der Waals surface area contributed by atoms with E-state index >= 15 is 0 Å². The number of hydrogen-bond acceptors (Lipinski definition) is 3. The zero-order valence-electron chi connectivity index (χ0n) is 10.0. The first-order valence-electron chi connectivity index (χ1n) is 5.75. The first kappa shape index (κ1) is 12.5. The molecule has 0 bridgehead atoms. The number of carbonyl (C=O) groups is 1. The molecular weight excluding hydrogens is 190 g/mol. The maximum atomic E-state index is 11.8. The summed E-state index contributed by atoms with van der Waals surface area (Å²) in [6, 6.07) is 0.231. The highest BCUT2D eigenvalue weighted by Gasteiger charge is 2.21. The van der Waals surface area contributed by atoms with Gasteiger partial charge in [0.1, 0.15) is 0 Å². The van der Waals surface area contributed by atoms with Crippen molar-refractivity contribution in [1.82, 2.24) is 15.5 Å².